The SMILES string of the molecule is CCCNC(C)(CCSCC1CCCO1)C(N)=O. The van der Waals surface area contributed by atoms with Crippen LogP contribution in [-0.4, -0.2) is 42.2 Å². The molecule has 106 valence electrons. The highest BCUT2D eigenvalue weighted by molar-refractivity contribution is 7.99. The summed E-state index contributed by atoms with van der Waals surface area (Å²) in [4.78, 5) is 11.5. The molecular formula is C13H26N2O2S. The zero-order chi connectivity index (χ0) is 13.4. The van der Waals surface area contributed by atoms with Gasteiger partial charge >= 0.3 is 0 Å². The predicted molar refractivity (Wildman–Crippen MR) is 76.8 cm³/mol. The largest absolute Gasteiger partial charge is 0.377 e. The molecule has 0 aromatic rings. The lowest BCUT2D eigenvalue weighted by Crippen LogP contribution is -2.53. The van der Waals surface area contributed by atoms with Crippen molar-refractivity contribution in [3.05, 3.63) is 0 Å². The van der Waals surface area contributed by atoms with Crippen molar-refractivity contribution in [2.75, 3.05) is 24.7 Å². The Kier molecular flexibility index (Phi) is 7.04. The summed E-state index contributed by atoms with van der Waals surface area (Å²) in [5.41, 5.74) is 4.91. The number of rotatable bonds is 9. The normalized spacial score (nSPS) is 22.9. The third-order valence-electron chi connectivity index (χ3n) is 3.38. The van der Waals surface area contributed by atoms with Gasteiger partial charge in [0.05, 0.1) is 11.6 Å². The number of thioether (sulfide) groups is 1. The molecule has 1 aliphatic rings. The first kappa shape index (κ1) is 15.8. The summed E-state index contributed by atoms with van der Waals surface area (Å²) >= 11 is 1.86. The number of hydrogen-bond acceptors (Lipinski definition) is 4. The number of ether oxygens (including phenoxy) is 1. The Morgan fingerprint density at radius 3 is 2.94 bits per heavy atom. The van der Waals surface area contributed by atoms with Crippen molar-refractivity contribution >= 4 is 17.7 Å². The van der Waals surface area contributed by atoms with Crippen molar-refractivity contribution in [2.45, 2.75) is 51.2 Å². The first-order valence-electron chi connectivity index (χ1n) is 6.83. The van der Waals surface area contributed by atoms with E-state index >= 15 is 0 Å². The van der Waals surface area contributed by atoms with Gasteiger partial charge in [-0.1, -0.05) is 6.92 Å². The van der Waals surface area contributed by atoms with E-state index < -0.39 is 5.54 Å². The molecule has 1 amide bonds. The van der Waals surface area contributed by atoms with Crippen LogP contribution >= 0.6 is 11.8 Å². The second kappa shape index (κ2) is 8.02. The maximum atomic E-state index is 11.5. The number of nitrogens with one attached hydrogen (secondary N) is 1. The van der Waals surface area contributed by atoms with Gasteiger partial charge in [0.25, 0.3) is 0 Å². The van der Waals surface area contributed by atoms with E-state index in [0.29, 0.717) is 6.10 Å². The van der Waals surface area contributed by atoms with Crippen molar-refractivity contribution in [3.8, 4) is 0 Å². The molecule has 0 aromatic heterocycles. The van der Waals surface area contributed by atoms with E-state index in [-0.39, 0.29) is 5.91 Å². The minimum Gasteiger partial charge on any atom is -0.377 e. The van der Waals surface area contributed by atoms with Crippen LogP contribution in [0.3, 0.4) is 0 Å². The van der Waals surface area contributed by atoms with Crippen LogP contribution in [0.5, 0.6) is 0 Å². The molecule has 2 unspecified atom stereocenters. The van der Waals surface area contributed by atoms with Crippen LogP contribution in [0.2, 0.25) is 0 Å². The Morgan fingerprint density at radius 1 is 1.61 bits per heavy atom. The van der Waals surface area contributed by atoms with E-state index in [0.717, 1.165) is 37.5 Å². The highest BCUT2D eigenvalue weighted by Crippen LogP contribution is 2.20. The Balaban J connectivity index is 2.21. The number of amides is 1. The standard InChI is InChI=1S/C13H26N2O2S/c1-3-7-15-13(2,12(14)16)6-9-18-10-11-5-4-8-17-11/h11,15H,3-10H2,1-2H3,(H2,14,16). The minimum absolute atomic E-state index is 0.256. The maximum absolute atomic E-state index is 11.5. The van der Waals surface area contributed by atoms with Crippen molar-refractivity contribution in [1.29, 1.82) is 0 Å². The second-order valence-corrected chi connectivity index (χ2v) is 6.23. The topological polar surface area (TPSA) is 64.3 Å². The van der Waals surface area contributed by atoms with E-state index in [1.165, 1.54) is 12.8 Å². The molecule has 0 saturated carbocycles. The molecule has 0 spiro atoms. The molecule has 0 bridgehead atoms. The average Bonchev–Trinajstić information content (AvgIpc) is 2.85. The van der Waals surface area contributed by atoms with Gasteiger partial charge in [-0.15, -0.1) is 0 Å². The molecule has 1 fully saturated rings. The van der Waals surface area contributed by atoms with E-state index in [4.69, 9.17) is 10.5 Å². The third kappa shape index (κ3) is 5.16. The molecule has 2 atom stereocenters. The molecule has 4 nitrogen and oxygen atoms in total. The summed E-state index contributed by atoms with van der Waals surface area (Å²) in [5.74, 6) is 1.72. The fraction of sp³-hybridized carbons (Fsp3) is 0.923. The van der Waals surface area contributed by atoms with Crippen molar-refractivity contribution < 1.29 is 9.53 Å². The van der Waals surface area contributed by atoms with Crippen LogP contribution in [0, 0.1) is 0 Å². The fourth-order valence-electron chi connectivity index (χ4n) is 1.97. The molecule has 0 radical (unpaired) electrons. The molecule has 5 heteroatoms. The van der Waals surface area contributed by atoms with Gasteiger partial charge in [0.15, 0.2) is 0 Å². The second-order valence-electron chi connectivity index (χ2n) is 5.08. The number of carbonyl (C=O) groups is 1. The highest BCUT2D eigenvalue weighted by Gasteiger charge is 2.29. The van der Waals surface area contributed by atoms with Crippen LogP contribution in [0.4, 0.5) is 0 Å². The van der Waals surface area contributed by atoms with Gasteiger partial charge in [0.2, 0.25) is 5.91 Å². The van der Waals surface area contributed by atoms with Gasteiger partial charge < -0.3 is 15.8 Å². The third-order valence-corrected chi connectivity index (χ3v) is 4.48. The van der Waals surface area contributed by atoms with Crippen LogP contribution in [0.25, 0.3) is 0 Å². The Hall–Kier alpha value is -0.260. The lowest BCUT2D eigenvalue weighted by Gasteiger charge is -2.27. The van der Waals surface area contributed by atoms with Gasteiger partial charge in [-0.05, 0) is 44.9 Å². The molecule has 0 aromatic carbocycles. The summed E-state index contributed by atoms with van der Waals surface area (Å²) in [6.45, 7) is 5.72. The van der Waals surface area contributed by atoms with Gasteiger partial charge in [-0.2, -0.15) is 11.8 Å². The molecule has 0 aliphatic carbocycles. The van der Waals surface area contributed by atoms with Crippen molar-refractivity contribution in [3.63, 3.8) is 0 Å². The van der Waals surface area contributed by atoms with Crippen LogP contribution in [-0.2, 0) is 9.53 Å². The number of primary amides is 1. The molecule has 1 aliphatic heterocycles. The van der Waals surface area contributed by atoms with Gasteiger partial charge in [0.1, 0.15) is 0 Å². The van der Waals surface area contributed by atoms with E-state index in [1.54, 1.807) is 0 Å². The summed E-state index contributed by atoms with van der Waals surface area (Å²) in [6.07, 6.45) is 4.56. The van der Waals surface area contributed by atoms with Crippen molar-refractivity contribution in [2.24, 2.45) is 5.73 Å². The summed E-state index contributed by atoms with van der Waals surface area (Å²) in [5, 5.41) is 3.25. The zero-order valence-electron chi connectivity index (χ0n) is 11.5. The van der Waals surface area contributed by atoms with Gasteiger partial charge in [0, 0.05) is 12.4 Å². The molecule has 1 rings (SSSR count). The quantitative estimate of drug-likeness (QED) is 0.626. The van der Waals surface area contributed by atoms with E-state index in [9.17, 15) is 4.79 Å². The lowest BCUT2D eigenvalue weighted by atomic mass is 9.98. The Labute approximate surface area is 114 Å². The highest BCUT2D eigenvalue weighted by atomic mass is 32.2. The number of hydrogen-bond donors (Lipinski definition) is 2. The minimum atomic E-state index is -0.570. The Bertz CT molecular complexity index is 257. The van der Waals surface area contributed by atoms with Crippen LogP contribution < -0.4 is 11.1 Å². The smallest absolute Gasteiger partial charge is 0.237 e. The number of carbonyl (C=O) groups excluding carboxylic acids is 1. The monoisotopic (exact) mass is 274 g/mol. The predicted octanol–water partition coefficient (Wildman–Crippen LogP) is 1.53. The van der Waals surface area contributed by atoms with E-state index in [1.807, 2.05) is 18.7 Å². The number of nitrogens with two attached hydrogens (primary N) is 1. The first-order valence-corrected chi connectivity index (χ1v) is 7.98. The van der Waals surface area contributed by atoms with Gasteiger partial charge in [-0.25, -0.2) is 0 Å². The molecule has 3 N–H and O–H groups in total. The summed E-state index contributed by atoms with van der Waals surface area (Å²) in [6, 6.07) is 0. The zero-order valence-corrected chi connectivity index (χ0v) is 12.4. The molecular weight excluding hydrogens is 248 g/mol. The molecule has 18 heavy (non-hydrogen) atoms. The van der Waals surface area contributed by atoms with E-state index in [2.05, 4.69) is 12.2 Å². The first-order chi connectivity index (χ1) is 8.58. The molecule has 1 heterocycles. The molecule has 1 saturated heterocycles. The summed E-state index contributed by atoms with van der Waals surface area (Å²) < 4.78 is 5.57. The maximum Gasteiger partial charge on any atom is 0.237 e. The Morgan fingerprint density at radius 2 is 2.39 bits per heavy atom. The average molecular weight is 274 g/mol. The lowest BCUT2D eigenvalue weighted by molar-refractivity contribution is -0.123. The van der Waals surface area contributed by atoms with Crippen LogP contribution in [0.1, 0.15) is 39.5 Å². The fourth-order valence-corrected chi connectivity index (χ4v) is 3.21. The van der Waals surface area contributed by atoms with Crippen molar-refractivity contribution in [1.82, 2.24) is 5.32 Å². The van der Waals surface area contributed by atoms with Crippen LogP contribution in [0.15, 0.2) is 0 Å². The summed E-state index contributed by atoms with van der Waals surface area (Å²) in [7, 11) is 0. The van der Waals surface area contributed by atoms with Gasteiger partial charge in [-0.3, -0.25) is 4.79 Å².